The fraction of sp³-hybridized carbons (Fsp3) is 0.0769. The molecule has 0 atom stereocenters. The van der Waals surface area contributed by atoms with Gasteiger partial charge in [-0.25, -0.2) is 0 Å². The second-order valence-corrected chi connectivity index (χ2v) is 4.20. The summed E-state index contributed by atoms with van der Waals surface area (Å²) in [6.07, 6.45) is 3.29. The molecule has 19 heavy (non-hydrogen) atoms. The Balaban J connectivity index is 2.25. The average molecular weight is 253 g/mol. The fourth-order valence-electron chi connectivity index (χ4n) is 2.09. The number of primary amides is 1. The Kier molecular flexibility index (Phi) is 2.49. The van der Waals surface area contributed by atoms with E-state index in [1.165, 1.54) is 0 Å². The molecule has 94 valence electrons. The molecule has 0 aliphatic carbocycles. The van der Waals surface area contributed by atoms with Crippen LogP contribution in [0.15, 0.2) is 36.7 Å². The molecule has 2 N–H and O–H groups in total. The normalized spacial score (nSPS) is 10.8. The van der Waals surface area contributed by atoms with Crippen molar-refractivity contribution in [2.75, 3.05) is 0 Å². The molecule has 2 aromatic heterocycles. The van der Waals surface area contributed by atoms with Crippen molar-refractivity contribution in [2.45, 2.75) is 0 Å². The van der Waals surface area contributed by atoms with Crippen molar-refractivity contribution < 1.29 is 4.79 Å². The second kappa shape index (κ2) is 4.16. The van der Waals surface area contributed by atoms with E-state index in [0.29, 0.717) is 0 Å². The third-order valence-corrected chi connectivity index (χ3v) is 3.00. The molecule has 0 fully saturated rings. The first-order valence-corrected chi connectivity index (χ1v) is 5.70. The highest BCUT2D eigenvalue weighted by Gasteiger charge is 2.14. The zero-order valence-corrected chi connectivity index (χ0v) is 10.2. The lowest BCUT2D eigenvalue weighted by Gasteiger charge is -2.01. The largest absolute Gasteiger partial charge is 0.364 e. The SMILES string of the molecule is Cn1nc(C(N)=O)c2cc(-c3ccnnc3)ccc21. The lowest BCUT2D eigenvalue weighted by Crippen LogP contribution is -2.12. The van der Waals surface area contributed by atoms with E-state index in [1.54, 1.807) is 24.1 Å². The highest BCUT2D eigenvalue weighted by molar-refractivity contribution is 6.05. The molecule has 1 aromatic carbocycles. The van der Waals surface area contributed by atoms with E-state index in [1.807, 2.05) is 24.3 Å². The maximum absolute atomic E-state index is 11.4. The number of nitrogens with two attached hydrogens (primary N) is 1. The van der Waals surface area contributed by atoms with Crippen molar-refractivity contribution in [1.82, 2.24) is 20.0 Å². The van der Waals surface area contributed by atoms with E-state index in [4.69, 9.17) is 5.73 Å². The Morgan fingerprint density at radius 2 is 2.05 bits per heavy atom. The molecule has 0 unspecified atom stereocenters. The second-order valence-electron chi connectivity index (χ2n) is 4.20. The summed E-state index contributed by atoms with van der Waals surface area (Å²) in [6, 6.07) is 7.60. The predicted octanol–water partition coefficient (Wildman–Crippen LogP) is 1.13. The van der Waals surface area contributed by atoms with Gasteiger partial charge in [0.2, 0.25) is 0 Å². The molecular weight excluding hydrogens is 242 g/mol. The Hall–Kier alpha value is -2.76. The van der Waals surface area contributed by atoms with Crippen molar-refractivity contribution in [3.05, 3.63) is 42.4 Å². The van der Waals surface area contributed by atoms with E-state index < -0.39 is 5.91 Å². The van der Waals surface area contributed by atoms with Crippen molar-refractivity contribution >= 4 is 16.8 Å². The number of carbonyl (C=O) groups excluding carboxylic acids is 1. The monoisotopic (exact) mass is 253 g/mol. The fourth-order valence-corrected chi connectivity index (χ4v) is 2.09. The maximum Gasteiger partial charge on any atom is 0.269 e. The summed E-state index contributed by atoms with van der Waals surface area (Å²) in [7, 11) is 1.78. The van der Waals surface area contributed by atoms with Crippen LogP contribution in [0.4, 0.5) is 0 Å². The predicted molar refractivity (Wildman–Crippen MR) is 70.3 cm³/mol. The van der Waals surface area contributed by atoms with Crippen LogP contribution < -0.4 is 5.73 Å². The van der Waals surface area contributed by atoms with Gasteiger partial charge in [0, 0.05) is 18.0 Å². The van der Waals surface area contributed by atoms with E-state index in [2.05, 4.69) is 15.3 Å². The standard InChI is InChI=1S/C13H11N5O/c1-18-11-3-2-8(9-4-5-15-16-7-9)6-10(11)12(17-18)13(14)19/h2-7H,1H3,(H2,14,19). The number of hydrogen-bond donors (Lipinski definition) is 1. The highest BCUT2D eigenvalue weighted by Crippen LogP contribution is 2.25. The third kappa shape index (κ3) is 1.83. The van der Waals surface area contributed by atoms with E-state index >= 15 is 0 Å². The molecule has 6 heteroatoms. The van der Waals surface area contributed by atoms with Crippen LogP contribution in [-0.2, 0) is 7.05 Å². The number of amides is 1. The lowest BCUT2D eigenvalue weighted by atomic mass is 10.1. The number of benzene rings is 1. The van der Waals surface area contributed by atoms with Gasteiger partial charge in [-0.2, -0.15) is 15.3 Å². The molecule has 2 heterocycles. The molecule has 0 saturated carbocycles. The molecule has 0 spiro atoms. The number of hydrogen-bond acceptors (Lipinski definition) is 4. The summed E-state index contributed by atoms with van der Waals surface area (Å²) in [4.78, 5) is 11.4. The molecule has 6 nitrogen and oxygen atoms in total. The quantitative estimate of drug-likeness (QED) is 0.741. The summed E-state index contributed by atoms with van der Waals surface area (Å²) >= 11 is 0. The van der Waals surface area contributed by atoms with Gasteiger partial charge < -0.3 is 5.73 Å². The number of fused-ring (bicyclic) bond motifs is 1. The smallest absolute Gasteiger partial charge is 0.269 e. The molecule has 3 rings (SSSR count). The van der Waals surface area contributed by atoms with Crippen LogP contribution in [0.3, 0.4) is 0 Å². The van der Waals surface area contributed by atoms with Crippen LogP contribution >= 0.6 is 0 Å². The highest BCUT2D eigenvalue weighted by atomic mass is 16.1. The number of aromatic nitrogens is 4. The summed E-state index contributed by atoms with van der Waals surface area (Å²) in [6.45, 7) is 0. The van der Waals surface area contributed by atoms with Gasteiger partial charge in [0.25, 0.3) is 5.91 Å². The molecule has 1 amide bonds. The van der Waals surface area contributed by atoms with Gasteiger partial charge in [0.15, 0.2) is 5.69 Å². The number of aryl methyl sites for hydroxylation is 1. The molecule has 0 saturated heterocycles. The van der Waals surface area contributed by atoms with Gasteiger partial charge in [0.1, 0.15) is 0 Å². The lowest BCUT2D eigenvalue weighted by molar-refractivity contribution is 0.0996. The molecule has 0 aliphatic rings. The Labute approximate surface area is 108 Å². The molecule has 3 aromatic rings. The first-order chi connectivity index (χ1) is 9.16. The van der Waals surface area contributed by atoms with Gasteiger partial charge in [-0.05, 0) is 23.8 Å². The van der Waals surface area contributed by atoms with Crippen molar-refractivity contribution in [1.29, 1.82) is 0 Å². The minimum absolute atomic E-state index is 0.279. The number of carbonyl (C=O) groups is 1. The van der Waals surface area contributed by atoms with Crippen LogP contribution in [0.2, 0.25) is 0 Å². The van der Waals surface area contributed by atoms with Gasteiger partial charge in [-0.3, -0.25) is 9.48 Å². The minimum Gasteiger partial charge on any atom is -0.364 e. The van der Waals surface area contributed by atoms with Gasteiger partial charge in [-0.1, -0.05) is 6.07 Å². The van der Waals surface area contributed by atoms with Crippen LogP contribution in [0, 0.1) is 0 Å². The zero-order valence-electron chi connectivity index (χ0n) is 10.2. The van der Waals surface area contributed by atoms with E-state index in [0.717, 1.165) is 22.0 Å². The zero-order chi connectivity index (χ0) is 13.4. The van der Waals surface area contributed by atoms with Crippen molar-refractivity contribution in [2.24, 2.45) is 12.8 Å². The van der Waals surface area contributed by atoms with E-state index in [-0.39, 0.29) is 5.69 Å². The van der Waals surface area contributed by atoms with Gasteiger partial charge >= 0.3 is 0 Å². The summed E-state index contributed by atoms with van der Waals surface area (Å²) in [5.74, 6) is -0.532. The first-order valence-electron chi connectivity index (χ1n) is 5.70. The third-order valence-electron chi connectivity index (χ3n) is 3.00. The van der Waals surface area contributed by atoms with Crippen LogP contribution in [0.25, 0.3) is 22.0 Å². The Morgan fingerprint density at radius 1 is 1.21 bits per heavy atom. The summed E-state index contributed by atoms with van der Waals surface area (Å²) in [5.41, 5.74) is 8.35. The number of rotatable bonds is 2. The number of nitrogens with zero attached hydrogens (tertiary/aromatic N) is 4. The average Bonchev–Trinajstić information content (AvgIpc) is 2.77. The minimum atomic E-state index is -0.532. The Morgan fingerprint density at radius 3 is 2.74 bits per heavy atom. The molecule has 0 radical (unpaired) electrons. The molecular formula is C13H11N5O. The molecule has 0 bridgehead atoms. The van der Waals surface area contributed by atoms with Crippen LogP contribution in [0.5, 0.6) is 0 Å². The Bertz CT molecular complexity index is 763. The summed E-state index contributed by atoms with van der Waals surface area (Å²) in [5, 5.41) is 12.5. The first kappa shape index (κ1) is 11.3. The summed E-state index contributed by atoms with van der Waals surface area (Å²) < 4.78 is 1.64. The van der Waals surface area contributed by atoms with Crippen LogP contribution in [0.1, 0.15) is 10.5 Å². The van der Waals surface area contributed by atoms with Crippen molar-refractivity contribution in [3.8, 4) is 11.1 Å². The molecule has 0 aliphatic heterocycles. The van der Waals surface area contributed by atoms with Crippen LogP contribution in [-0.4, -0.2) is 25.9 Å². The van der Waals surface area contributed by atoms with Gasteiger partial charge in [0.05, 0.1) is 17.9 Å². The maximum atomic E-state index is 11.4. The topological polar surface area (TPSA) is 86.7 Å². The van der Waals surface area contributed by atoms with Gasteiger partial charge in [-0.15, -0.1) is 0 Å². The van der Waals surface area contributed by atoms with Crippen molar-refractivity contribution in [3.63, 3.8) is 0 Å². The van der Waals surface area contributed by atoms with E-state index in [9.17, 15) is 4.79 Å².